The maximum atomic E-state index is 10.2. The molecule has 2 atom stereocenters. The van der Waals surface area contributed by atoms with E-state index in [1.807, 2.05) is 13.8 Å². The fourth-order valence-corrected chi connectivity index (χ4v) is 0.929. The van der Waals surface area contributed by atoms with Crippen molar-refractivity contribution in [2.24, 2.45) is 0 Å². The third-order valence-electron chi connectivity index (χ3n) is 1.50. The minimum atomic E-state index is -0.689. The highest BCUT2D eigenvalue weighted by Gasteiger charge is 2.25. The molecule has 0 aromatic carbocycles. The molecule has 0 aliphatic carbocycles. The average Bonchev–Trinajstić information content (AvgIpc) is 2.48. The van der Waals surface area contributed by atoms with Crippen molar-refractivity contribution in [3.05, 3.63) is 0 Å². The Morgan fingerprint density at radius 3 is 2.92 bits per heavy atom. The van der Waals surface area contributed by atoms with Gasteiger partial charge in [0.2, 0.25) is 6.29 Å². The lowest BCUT2D eigenvalue weighted by atomic mass is 10.4. The molecule has 12 heavy (non-hydrogen) atoms. The fourth-order valence-electron chi connectivity index (χ4n) is 0.929. The number of carbonyl (C=O) groups excluding carboxylic acids is 1. The Morgan fingerprint density at radius 2 is 2.42 bits per heavy atom. The van der Waals surface area contributed by atoms with Crippen LogP contribution in [0.15, 0.2) is 0 Å². The van der Waals surface area contributed by atoms with Crippen molar-refractivity contribution >= 4 is 6.29 Å². The summed E-state index contributed by atoms with van der Waals surface area (Å²) in [5.74, 6) is 0. The van der Waals surface area contributed by atoms with Gasteiger partial charge in [0.1, 0.15) is 6.10 Å². The summed E-state index contributed by atoms with van der Waals surface area (Å²) in [7, 11) is 0. The molecule has 1 saturated heterocycles. The van der Waals surface area contributed by atoms with Gasteiger partial charge in [-0.2, -0.15) is 0 Å². The van der Waals surface area contributed by atoms with Crippen molar-refractivity contribution in [1.82, 2.24) is 0 Å². The summed E-state index contributed by atoms with van der Waals surface area (Å²) < 4.78 is 15.4. The van der Waals surface area contributed by atoms with E-state index in [4.69, 9.17) is 14.2 Å². The minimum Gasteiger partial charge on any atom is -0.376 e. The quantitative estimate of drug-likeness (QED) is 0.577. The van der Waals surface area contributed by atoms with E-state index in [-0.39, 0.29) is 12.2 Å². The zero-order chi connectivity index (χ0) is 8.97. The van der Waals surface area contributed by atoms with Crippen LogP contribution < -0.4 is 0 Å². The van der Waals surface area contributed by atoms with Crippen LogP contribution in [0.25, 0.3) is 0 Å². The maximum absolute atomic E-state index is 10.2. The molecule has 0 aromatic heterocycles. The van der Waals surface area contributed by atoms with Crippen LogP contribution in [0.5, 0.6) is 0 Å². The van der Waals surface area contributed by atoms with Crippen LogP contribution in [0.1, 0.15) is 13.8 Å². The van der Waals surface area contributed by atoms with E-state index in [1.54, 1.807) is 0 Å². The second-order valence-corrected chi connectivity index (χ2v) is 2.98. The smallest absolute Gasteiger partial charge is 0.215 e. The molecule has 1 heterocycles. The van der Waals surface area contributed by atoms with Crippen LogP contribution in [0.4, 0.5) is 0 Å². The van der Waals surface area contributed by atoms with E-state index in [2.05, 4.69) is 0 Å². The number of hydrogen-bond acceptors (Lipinski definition) is 4. The number of aldehydes is 1. The second-order valence-electron chi connectivity index (χ2n) is 2.98. The lowest BCUT2D eigenvalue weighted by molar-refractivity contribution is -0.134. The van der Waals surface area contributed by atoms with Crippen molar-refractivity contribution in [1.29, 1.82) is 0 Å². The Morgan fingerprint density at radius 1 is 1.67 bits per heavy atom. The van der Waals surface area contributed by atoms with Crippen molar-refractivity contribution in [2.75, 3.05) is 13.2 Å². The van der Waals surface area contributed by atoms with Gasteiger partial charge in [0.25, 0.3) is 0 Å². The summed E-state index contributed by atoms with van der Waals surface area (Å²) in [6.45, 7) is 4.83. The number of hydrogen-bond donors (Lipinski definition) is 0. The average molecular weight is 174 g/mol. The summed E-state index contributed by atoms with van der Waals surface area (Å²) in [5.41, 5.74) is 0. The summed E-state index contributed by atoms with van der Waals surface area (Å²) in [5, 5.41) is 0. The number of ether oxygens (including phenoxy) is 3. The molecule has 1 fully saturated rings. The highest BCUT2D eigenvalue weighted by atomic mass is 16.7. The Balaban J connectivity index is 2.15. The van der Waals surface area contributed by atoms with Crippen LogP contribution in [0.2, 0.25) is 0 Å². The standard InChI is InChI=1S/C8H14O4/c1-6(2)10-4-7-5-11-8(3-9)12-7/h3,6-8H,4-5H2,1-2H3. The Kier molecular flexibility index (Phi) is 3.65. The van der Waals surface area contributed by atoms with Gasteiger partial charge in [-0.1, -0.05) is 0 Å². The van der Waals surface area contributed by atoms with Gasteiger partial charge in [-0.05, 0) is 13.8 Å². The Bertz CT molecular complexity index is 146. The molecule has 4 heteroatoms. The molecule has 70 valence electrons. The molecule has 1 aliphatic heterocycles. The molecule has 2 unspecified atom stereocenters. The Hall–Kier alpha value is -0.450. The van der Waals surface area contributed by atoms with E-state index in [0.29, 0.717) is 19.5 Å². The van der Waals surface area contributed by atoms with E-state index >= 15 is 0 Å². The third-order valence-corrected chi connectivity index (χ3v) is 1.50. The van der Waals surface area contributed by atoms with Crippen LogP contribution >= 0.6 is 0 Å². The largest absolute Gasteiger partial charge is 0.376 e. The predicted octanol–water partition coefficient (Wildman–Crippen LogP) is 0.352. The van der Waals surface area contributed by atoms with Crippen molar-refractivity contribution < 1.29 is 19.0 Å². The highest BCUT2D eigenvalue weighted by molar-refractivity contribution is 5.54. The van der Waals surface area contributed by atoms with Gasteiger partial charge in [0.15, 0.2) is 6.29 Å². The maximum Gasteiger partial charge on any atom is 0.215 e. The zero-order valence-corrected chi connectivity index (χ0v) is 7.36. The molecule has 0 radical (unpaired) electrons. The molecule has 0 aromatic rings. The van der Waals surface area contributed by atoms with Gasteiger partial charge < -0.3 is 14.2 Å². The lowest BCUT2D eigenvalue weighted by Gasteiger charge is -2.11. The molecular weight excluding hydrogens is 160 g/mol. The number of carbonyl (C=O) groups is 1. The Labute approximate surface area is 71.8 Å². The molecule has 1 aliphatic rings. The normalized spacial score (nSPS) is 29.6. The molecule has 0 bridgehead atoms. The van der Waals surface area contributed by atoms with Crippen LogP contribution in [0.3, 0.4) is 0 Å². The zero-order valence-electron chi connectivity index (χ0n) is 7.36. The molecule has 0 N–H and O–H groups in total. The number of rotatable bonds is 4. The molecular formula is C8H14O4. The molecule has 0 saturated carbocycles. The summed E-state index contributed by atoms with van der Waals surface area (Å²) in [4.78, 5) is 10.2. The molecule has 0 amide bonds. The van der Waals surface area contributed by atoms with E-state index in [1.165, 1.54) is 0 Å². The van der Waals surface area contributed by atoms with E-state index in [9.17, 15) is 4.79 Å². The van der Waals surface area contributed by atoms with E-state index in [0.717, 1.165) is 0 Å². The topological polar surface area (TPSA) is 44.8 Å². The summed E-state index contributed by atoms with van der Waals surface area (Å²) in [6, 6.07) is 0. The monoisotopic (exact) mass is 174 g/mol. The van der Waals surface area contributed by atoms with Crippen LogP contribution in [-0.2, 0) is 19.0 Å². The third kappa shape index (κ3) is 2.89. The first kappa shape index (κ1) is 9.64. The van der Waals surface area contributed by atoms with Crippen molar-refractivity contribution in [2.45, 2.75) is 32.3 Å². The first-order valence-electron chi connectivity index (χ1n) is 4.06. The minimum absolute atomic E-state index is 0.0948. The molecule has 0 spiro atoms. The van der Waals surface area contributed by atoms with Gasteiger partial charge in [0.05, 0.1) is 19.3 Å². The summed E-state index contributed by atoms with van der Waals surface area (Å²) >= 11 is 0. The van der Waals surface area contributed by atoms with Crippen LogP contribution in [-0.4, -0.2) is 38.0 Å². The highest BCUT2D eigenvalue weighted by Crippen LogP contribution is 2.10. The second kappa shape index (κ2) is 4.54. The summed E-state index contributed by atoms with van der Waals surface area (Å²) in [6.07, 6.45) is 0.0484. The molecule has 1 rings (SSSR count). The van der Waals surface area contributed by atoms with Crippen molar-refractivity contribution in [3.63, 3.8) is 0 Å². The first-order chi connectivity index (χ1) is 5.72. The first-order valence-corrected chi connectivity index (χ1v) is 4.06. The van der Waals surface area contributed by atoms with Crippen LogP contribution in [0, 0.1) is 0 Å². The predicted molar refractivity (Wildman–Crippen MR) is 41.8 cm³/mol. The van der Waals surface area contributed by atoms with E-state index < -0.39 is 6.29 Å². The lowest BCUT2D eigenvalue weighted by Crippen LogP contribution is -2.21. The van der Waals surface area contributed by atoms with Crippen molar-refractivity contribution in [3.8, 4) is 0 Å². The molecule has 4 nitrogen and oxygen atoms in total. The fraction of sp³-hybridized carbons (Fsp3) is 0.875. The van der Waals surface area contributed by atoms with Gasteiger partial charge in [0, 0.05) is 0 Å². The van der Waals surface area contributed by atoms with Gasteiger partial charge in [-0.15, -0.1) is 0 Å². The van der Waals surface area contributed by atoms with Gasteiger partial charge >= 0.3 is 0 Å². The van der Waals surface area contributed by atoms with Gasteiger partial charge in [-0.25, -0.2) is 0 Å². The SMILES string of the molecule is CC(C)OCC1COC(C=O)O1. The van der Waals surface area contributed by atoms with Gasteiger partial charge in [-0.3, -0.25) is 4.79 Å².